The summed E-state index contributed by atoms with van der Waals surface area (Å²) in [5, 5.41) is 8.53. The molecule has 1 aromatic rings. The fraction of sp³-hybridized carbons (Fsp3) is 0.182. The monoisotopic (exact) mass is 223 g/mol. The second-order valence-corrected chi connectivity index (χ2v) is 4.17. The first kappa shape index (κ1) is 11.7. The summed E-state index contributed by atoms with van der Waals surface area (Å²) < 4.78 is 0. The van der Waals surface area contributed by atoms with E-state index in [1.165, 1.54) is 6.08 Å². The highest BCUT2D eigenvalue weighted by atomic mass is 32.2. The van der Waals surface area contributed by atoms with Crippen LogP contribution < -0.4 is 5.73 Å². The van der Waals surface area contributed by atoms with E-state index in [1.807, 2.05) is 24.3 Å². The number of para-hydroxylation sites is 1. The Kier molecular flexibility index (Phi) is 4.24. The summed E-state index contributed by atoms with van der Waals surface area (Å²) in [5.41, 5.74) is 7.29. The van der Waals surface area contributed by atoms with Gasteiger partial charge < -0.3 is 10.8 Å². The Labute approximate surface area is 93.0 Å². The van der Waals surface area contributed by atoms with Crippen molar-refractivity contribution in [2.24, 2.45) is 0 Å². The molecular formula is C11H13NO2S. The fourth-order valence-corrected chi connectivity index (χ4v) is 1.93. The SMILES string of the molecule is CC(=CC(=O)O)CSc1ccccc1N. The zero-order valence-corrected chi connectivity index (χ0v) is 9.25. The van der Waals surface area contributed by atoms with Gasteiger partial charge in [0.05, 0.1) is 0 Å². The van der Waals surface area contributed by atoms with Crippen LogP contribution in [0.15, 0.2) is 40.8 Å². The Morgan fingerprint density at radius 1 is 1.53 bits per heavy atom. The molecule has 0 atom stereocenters. The Morgan fingerprint density at radius 3 is 2.80 bits per heavy atom. The number of thioether (sulfide) groups is 1. The van der Waals surface area contributed by atoms with Crippen LogP contribution in [-0.2, 0) is 4.79 Å². The van der Waals surface area contributed by atoms with Crippen LogP contribution in [0.5, 0.6) is 0 Å². The Balaban J connectivity index is 2.58. The number of aliphatic carboxylic acids is 1. The van der Waals surface area contributed by atoms with Crippen LogP contribution in [-0.4, -0.2) is 16.8 Å². The van der Waals surface area contributed by atoms with Crippen LogP contribution in [0, 0.1) is 0 Å². The van der Waals surface area contributed by atoms with Gasteiger partial charge in [0.25, 0.3) is 0 Å². The molecule has 3 N–H and O–H groups in total. The first-order chi connectivity index (χ1) is 7.09. The smallest absolute Gasteiger partial charge is 0.328 e. The number of nitrogens with two attached hydrogens (primary N) is 1. The van der Waals surface area contributed by atoms with Gasteiger partial charge in [0.1, 0.15) is 0 Å². The largest absolute Gasteiger partial charge is 0.478 e. The number of carboxylic acids is 1. The fourth-order valence-electron chi connectivity index (χ4n) is 1.06. The summed E-state index contributed by atoms with van der Waals surface area (Å²) in [6.45, 7) is 1.79. The maximum atomic E-state index is 10.4. The molecule has 0 saturated carbocycles. The highest BCUT2D eigenvalue weighted by molar-refractivity contribution is 7.99. The van der Waals surface area contributed by atoms with Crippen LogP contribution >= 0.6 is 11.8 Å². The van der Waals surface area contributed by atoms with Gasteiger partial charge in [0, 0.05) is 22.4 Å². The molecule has 0 aromatic heterocycles. The van der Waals surface area contributed by atoms with Crippen molar-refractivity contribution in [2.75, 3.05) is 11.5 Å². The highest BCUT2D eigenvalue weighted by Gasteiger charge is 2.00. The van der Waals surface area contributed by atoms with E-state index in [2.05, 4.69) is 0 Å². The van der Waals surface area contributed by atoms with Crippen molar-refractivity contribution in [2.45, 2.75) is 11.8 Å². The molecule has 1 rings (SSSR count). The van der Waals surface area contributed by atoms with E-state index in [0.717, 1.165) is 16.2 Å². The van der Waals surface area contributed by atoms with Crippen molar-refractivity contribution >= 4 is 23.4 Å². The van der Waals surface area contributed by atoms with Crippen molar-refractivity contribution in [1.29, 1.82) is 0 Å². The standard InChI is InChI=1S/C11H13NO2S/c1-8(6-11(13)14)7-15-10-5-3-2-4-9(10)12/h2-6H,7,12H2,1H3,(H,13,14). The van der Waals surface area contributed by atoms with Crippen molar-refractivity contribution in [3.05, 3.63) is 35.9 Å². The molecule has 0 bridgehead atoms. The van der Waals surface area contributed by atoms with Gasteiger partial charge in [-0.1, -0.05) is 17.7 Å². The zero-order valence-electron chi connectivity index (χ0n) is 8.43. The lowest BCUT2D eigenvalue weighted by Crippen LogP contribution is -1.93. The average Bonchev–Trinajstić information content (AvgIpc) is 2.15. The first-order valence-electron chi connectivity index (χ1n) is 4.47. The number of benzene rings is 1. The van der Waals surface area contributed by atoms with E-state index in [0.29, 0.717) is 5.75 Å². The number of nitrogen functional groups attached to an aromatic ring is 1. The van der Waals surface area contributed by atoms with E-state index in [-0.39, 0.29) is 0 Å². The van der Waals surface area contributed by atoms with Crippen LogP contribution in [0.25, 0.3) is 0 Å². The third-order valence-corrected chi connectivity index (χ3v) is 3.03. The van der Waals surface area contributed by atoms with Crippen molar-refractivity contribution in [1.82, 2.24) is 0 Å². The molecule has 0 aliphatic carbocycles. The van der Waals surface area contributed by atoms with Gasteiger partial charge >= 0.3 is 5.97 Å². The topological polar surface area (TPSA) is 63.3 Å². The lowest BCUT2D eigenvalue weighted by molar-refractivity contribution is -0.131. The maximum absolute atomic E-state index is 10.4. The summed E-state index contributed by atoms with van der Waals surface area (Å²) >= 11 is 1.54. The van der Waals surface area contributed by atoms with Gasteiger partial charge in [-0.15, -0.1) is 11.8 Å². The Bertz CT molecular complexity index is 388. The molecular weight excluding hydrogens is 210 g/mol. The third kappa shape index (κ3) is 4.08. The summed E-state index contributed by atoms with van der Waals surface area (Å²) in [6.07, 6.45) is 1.21. The molecule has 0 unspecified atom stereocenters. The van der Waals surface area contributed by atoms with E-state index in [9.17, 15) is 4.79 Å². The van der Waals surface area contributed by atoms with Crippen molar-refractivity contribution in [3.8, 4) is 0 Å². The minimum absolute atomic E-state index is 0.639. The second-order valence-electron chi connectivity index (χ2n) is 3.16. The Hall–Kier alpha value is -1.42. The first-order valence-corrected chi connectivity index (χ1v) is 5.45. The number of rotatable bonds is 4. The van der Waals surface area contributed by atoms with Gasteiger partial charge in [0.2, 0.25) is 0 Å². The molecule has 0 saturated heterocycles. The molecule has 0 amide bonds. The molecule has 3 nitrogen and oxygen atoms in total. The van der Waals surface area contributed by atoms with Gasteiger partial charge in [0.15, 0.2) is 0 Å². The minimum Gasteiger partial charge on any atom is -0.478 e. The predicted molar refractivity (Wildman–Crippen MR) is 63.0 cm³/mol. The summed E-state index contributed by atoms with van der Waals surface area (Å²) in [5.74, 6) is -0.269. The molecule has 0 fully saturated rings. The highest BCUT2D eigenvalue weighted by Crippen LogP contribution is 2.25. The minimum atomic E-state index is -0.908. The van der Waals surface area contributed by atoms with E-state index in [1.54, 1.807) is 18.7 Å². The van der Waals surface area contributed by atoms with Crippen LogP contribution in [0.1, 0.15) is 6.92 Å². The predicted octanol–water partition coefficient (Wildman–Crippen LogP) is 2.39. The molecule has 15 heavy (non-hydrogen) atoms. The van der Waals surface area contributed by atoms with Gasteiger partial charge in [-0.2, -0.15) is 0 Å². The zero-order chi connectivity index (χ0) is 11.3. The van der Waals surface area contributed by atoms with Crippen LogP contribution in [0.3, 0.4) is 0 Å². The second kappa shape index (κ2) is 5.46. The van der Waals surface area contributed by atoms with Crippen LogP contribution in [0.4, 0.5) is 5.69 Å². The molecule has 80 valence electrons. The number of hydrogen-bond donors (Lipinski definition) is 2. The Morgan fingerprint density at radius 2 is 2.20 bits per heavy atom. The molecule has 0 heterocycles. The number of carboxylic acid groups (broad SMARTS) is 1. The van der Waals surface area contributed by atoms with Gasteiger partial charge in [-0.25, -0.2) is 4.79 Å². The maximum Gasteiger partial charge on any atom is 0.328 e. The van der Waals surface area contributed by atoms with E-state index in [4.69, 9.17) is 10.8 Å². The molecule has 0 aliphatic heterocycles. The van der Waals surface area contributed by atoms with Crippen LogP contribution in [0.2, 0.25) is 0 Å². The van der Waals surface area contributed by atoms with Gasteiger partial charge in [-0.05, 0) is 19.1 Å². The quantitative estimate of drug-likeness (QED) is 0.467. The molecule has 0 spiro atoms. The van der Waals surface area contributed by atoms with Crippen molar-refractivity contribution in [3.63, 3.8) is 0 Å². The lowest BCUT2D eigenvalue weighted by Gasteiger charge is -2.04. The number of carbonyl (C=O) groups is 1. The van der Waals surface area contributed by atoms with E-state index < -0.39 is 5.97 Å². The summed E-state index contributed by atoms with van der Waals surface area (Å²) in [4.78, 5) is 11.4. The molecule has 0 radical (unpaired) electrons. The molecule has 0 aliphatic rings. The van der Waals surface area contributed by atoms with Gasteiger partial charge in [-0.3, -0.25) is 0 Å². The van der Waals surface area contributed by atoms with E-state index >= 15 is 0 Å². The number of hydrogen-bond acceptors (Lipinski definition) is 3. The third-order valence-electron chi connectivity index (χ3n) is 1.74. The average molecular weight is 223 g/mol. The normalized spacial score (nSPS) is 11.4. The van der Waals surface area contributed by atoms with Crippen molar-refractivity contribution < 1.29 is 9.90 Å². The number of anilines is 1. The summed E-state index contributed by atoms with van der Waals surface area (Å²) in [6, 6.07) is 7.54. The lowest BCUT2D eigenvalue weighted by atomic mass is 10.3. The summed E-state index contributed by atoms with van der Waals surface area (Å²) in [7, 11) is 0. The molecule has 4 heteroatoms. The molecule has 1 aromatic carbocycles.